The van der Waals surface area contributed by atoms with Gasteiger partial charge in [-0.15, -0.1) is 22.5 Å². The van der Waals surface area contributed by atoms with E-state index < -0.39 is 10.7 Å². The van der Waals surface area contributed by atoms with E-state index in [1.807, 2.05) is 0 Å². The monoisotopic (exact) mass is 288 g/mol. The standard InChI is InChI=1S/C13H20N2O3.ClH/c1-11-3-9-4-13(7-11,18-15(16)17)8-12(2,6-11)10(9)5-14;/h5,9H,3-4,6-8,14H2,1-2H3;1H/b10-5+;. The molecular formula is C13H21ClN2O3. The van der Waals surface area contributed by atoms with Crippen LogP contribution in [0.3, 0.4) is 0 Å². The van der Waals surface area contributed by atoms with Crippen LogP contribution in [0.5, 0.6) is 0 Å². The number of allylic oxidation sites excluding steroid dienone is 1. The van der Waals surface area contributed by atoms with Gasteiger partial charge in [0, 0.05) is 0 Å². The van der Waals surface area contributed by atoms with Crippen molar-refractivity contribution in [2.45, 2.75) is 51.6 Å². The topological polar surface area (TPSA) is 78.4 Å². The minimum absolute atomic E-state index is 0. The molecule has 4 bridgehead atoms. The van der Waals surface area contributed by atoms with E-state index in [2.05, 4.69) is 13.8 Å². The van der Waals surface area contributed by atoms with Crippen molar-refractivity contribution in [1.82, 2.24) is 0 Å². The molecule has 4 unspecified atom stereocenters. The van der Waals surface area contributed by atoms with Crippen molar-refractivity contribution in [1.29, 1.82) is 0 Å². The number of nitrogens with zero attached hydrogens (tertiary/aromatic N) is 1. The van der Waals surface area contributed by atoms with Crippen LogP contribution in [-0.2, 0) is 4.84 Å². The molecule has 19 heavy (non-hydrogen) atoms. The summed E-state index contributed by atoms with van der Waals surface area (Å²) in [5, 5.41) is 10.2. The molecular weight excluding hydrogens is 268 g/mol. The minimum atomic E-state index is -0.605. The molecule has 4 saturated carbocycles. The Kier molecular flexibility index (Phi) is 3.05. The predicted molar refractivity (Wildman–Crippen MR) is 73.1 cm³/mol. The van der Waals surface area contributed by atoms with Crippen molar-refractivity contribution in [3.05, 3.63) is 21.9 Å². The summed E-state index contributed by atoms with van der Waals surface area (Å²) in [6.45, 7) is 4.43. The molecule has 4 fully saturated rings. The zero-order valence-electron chi connectivity index (χ0n) is 11.3. The van der Waals surface area contributed by atoms with Crippen LogP contribution < -0.4 is 5.73 Å². The van der Waals surface area contributed by atoms with E-state index in [4.69, 9.17) is 10.6 Å². The van der Waals surface area contributed by atoms with E-state index in [0.717, 1.165) is 32.1 Å². The zero-order valence-corrected chi connectivity index (χ0v) is 12.2. The van der Waals surface area contributed by atoms with Crippen LogP contribution in [0.1, 0.15) is 46.0 Å². The van der Waals surface area contributed by atoms with Gasteiger partial charge < -0.3 is 10.6 Å². The van der Waals surface area contributed by atoms with Crippen LogP contribution in [0.15, 0.2) is 11.8 Å². The number of halogens is 1. The summed E-state index contributed by atoms with van der Waals surface area (Å²) in [6.07, 6.45) is 6.20. The number of hydrogen-bond donors (Lipinski definition) is 1. The normalized spacial score (nSPS) is 48.9. The number of rotatable bonds is 2. The fourth-order valence-electron chi connectivity index (χ4n) is 5.54. The van der Waals surface area contributed by atoms with Crippen molar-refractivity contribution in [2.75, 3.05) is 0 Å². The van der Waals surface area contributed by atoms with E-state index in [9.17, 15) is 10.1 Å². The lowest BCUT2D eigenvalue weighted by Crippen LogP contribution is -2.61. The van der Waals surface area contributed by atoms with Gasteiger partial charge in [-0.3, -0.25) is 0 Å². The Balaban J connectivity index is 0.00000133. The third-order valence-corrected chi connectivity index (χ3v) is 5.22. The summed E-state index contributed by atoms with van der Waals surface area (Å²) in [4.78, 5) is 15.9. The van der Waals surface area contributed by atoms with Crippen LogP contribution >= 0.6 is 12.4 Å². The van der Waals surface area contributed by atoms with Crippen LogP contribution in [0.2, 0.25) is 0 Å². The van der Waals surface area contributed by atoms with Crippen molar-refractivity contribution in [3.8, 4) is 0 Å². The smallest absolute Gasteiger partial charge is 0.295 e. The third-order valence-electron chi connectivity index (χ3n) is 5.22. The first-order valence-electron chi connectivity index (χ1n) is 6.56. The zero-order chi connectivity index (χ0) is 13.2. The number of hydrogen-bond acceptors (Lipinski definition) is 4. The molecule has 5 nitrogen and oxygen atoms in total. The van der Waals surface area contributed by atoms with E-state index >= 15 is 0 Å². The highest BCUT2D eigenvalue weighted by Gasteiger charge is 2.63. The lowest BCUT2D eigenvalue weighted by atomic mass is 9.42. The summed E-state index contributed by atoms with van der Waals surface area (Å²) in [5.74, 6) is 0.362. The van der Waals surface area contributed by atoms with Gasteiger partial charge in [0.25, 0.3) is 5.09 Å². The first-order valence-corrected chi connectivity index (χ1v) is 6.56. The lowest BCUT2D eigenvalue weighted by Gasteiger charge is -2.65. The summed E-state index contributed by atoms with van der Waals surface area (Å²) < 4.78 is 0. The largest absolute Gasteiger partial charge is 0.405 e. The van der Waals surface area contributed by atoms with Crippen molar-refractivity contribution >= 4 is 12.4 Å². The Labute approximate surface area is 119 Å². The molecule has 0 heterocycles. The molecule has 0 aromatic heterocycles. The maximum absolute atomic E-state index is 10.8. The van der Waals surface area contributed by atoms with E-state index in [1.165, 1.54) is 5.57 Å². The van der Waals surface area contributed by atoms with E-state index in [0.29, 0.717) is 5.92 Å². The summed E-state index contributed by atoms with van der Waals surface area (Å²) in [7, 11) is 0. The molecule has 0 radical (unpaired) electrons. The minimum Gasteiger partial charge on any atom is -0.405 e. The van der Waals surface area contributed by atoms with Gasteiger partial charge in [-0.1, -0.05) is 13.8 Å². The second kappa shape index (κ2) is 4.01. The van der Waals surface area contributed by atoms with Gasteiger partial charge in [0.15, 0.2) is 0 Å². The fourth-order valence-corrected chi connectivity index (χ4v) is 5.54. The van der Waals surface area contributed by atoms with E-state index in [1.54, 1.807) is 6.20 Å². The second-order valence-corrected chi connectivity index (χ2v) is 7.13. The Hall–Kier alpha value is -0.970. The van der Waals surface area contributed by atoms with Gasteiger partial charge >= 0.3 is 0 Å². The van der Waals surface area contributed by atoms with Crippen molar-refractivity contribution < 1.29 is 9.92 Å². The highest BCUT2D eigenvalue weighted by atomic mass is 35.5. The van der Waals surface area contributed by atoms with Crippen LogP contribution in [0, 0.1) is 26.9 Å². The van der Waals surface area contributed by atoms with Crippen LogP contribution in [-0.4, -0.2) is 10.7 Å². The molecule has 0 amide bonds. The van der Waals surface area contributed by atoms with Crippen molar-refractivity contribution in [2.24, 2.45) is 22.5 Å². The molecule has 0 saturated heterocycles. The molecule has 0 aromatic carbocycles. The molecule has 0 aliphatic heterocycles. The summed E-state index contributed by atoms with van der Waals surface area (Å²) in [5.41, 5.74) is 6.66. The SMILES string of the molecule is CC12CC3CC(O[N+](=O)[O-])(C1)CC(C)(C2)/C3=C/N.Cl. The maximum atomic E-state index is 10.8. The number of nitrogens with two attached hydrogens (primary N) is 1. The first-order chi connectivity index (χ1) is 8.30. The fraction of sp³-hybridized carbons (Fsp3) is 0.846. The average molecular weight is 289 g/mol. The Morgan fingerprint density at radius 1 is 1.37 bits per heavy atom. The summed E-state index contributed by atoms with van der Waals surface area (Å²) >= 11 is 0. The Morgan fingerprint density at radius 3 is 2.58 bits per heavy atom. The van der Waals surface area contributed by atoms with Gasteiger partial charge in [-0.2, -0.15) is 0 Å². The predicted octanol–water partition coefficient (Wildman–Crippen LogP) is 2.82. The Bertz CT molecular complexity index is 455. The highest BCUT2D eigenvalue weighted by molar-refractivity contribution is 5.85. The second-order valence-electron chi connectivity index (χ2n) is 7.13. The average Bonchev–Trinajstić information content (AvgIpc) is 2.09. The van der Waals surface area contributed by atoms with E-state index in [-0.39, 0.29) is 23.2 Å². The van der Waals surface area contributed by atoms with Gasteiger partial charge in [0.2, 0.25) is 0 Å². The summed E-state index contributed by atoms with van der Waals surface area (Å²) in [6, 6.07) is 0. The van der Waals surface area contributed by atoms with Gasteiger partial charge in [-0.05, 0) is 60.6 Å². The molecule has 108 valence electrons. The molecule has 4 rings (SSSR count). The molecule has 4 aliphatic carbocycles. The molecule has 4 atom stereocenters. The molecule has 2 N–H and O–H groups in total. The molecule has 4 aliphatic rings. The Morgan fingerprint density at radius 2 is 2.05 bits per heavy atom. The molecule has 0 aromatic rings. The lowest BCUT2D eigenvalue weighted by molar-refractivity contribution is -0.785. The first kappa shape index (κ1) is 14.4. The highest BCUT2D eigenvalue weighted by Crippen LogP contribution is 2.69. The van der Waals surface area contributed by atoms with Gasteiger partial charge in [0.05, 0.1) is 0 Å². The maximum Gasteiger partial charge on any atom is 0.295 e. The van der Waals surface area contributed by atoms with Crippen molar-refractivity contribution in [3.63, 3.8) is 0 Å². The quantitative estimate of drug-likeness (QED) is 0.626. The van der Waals surface area contributed by atoms with Gasteiger partial charge in [-0.25, -0.2) is 0 Å². The third kappa shape index (κ3) is 1.98. The van der Waals surface area contributed by atoms with Crippen LogP contribution in [0.25, 0.3) is 0 Å². The van der Waals surface area contributed by atoms with Crippen LogP contribution in [0.4, 0.5) is 0 Å². The molecule has 6 heteroatoms. The molecule has 0 spiro atoms. The van der Waals surface area contributed by atoms with Gasteiger partial charge in [0.1, 0.15) is 5.60 Å².